The van der Waals surface area contributed by atoms with E-state index in [-0.39, 0.29) is 37.0 Å². The number of rotatable bonds is 10. The Hall–Kier alpha value is -9.77. The number of H-pyrrole nitrogens is 1. The van der Waals surface area contributed by atoms with Gasteiger partial charge in [-0.3, -0.25) is 19.4 Å². The number of halogens is 6. The van der Waals surface area contributed by atoms with Crippen molar-refractivity contribution in [3.8, 4) is 0 Å². The summed E-state index contributed by atoms with van der Waals surface area (Å²) in [5, 5.41) is 38.2. The van der Waals surface area contributed by atoms with Gasteiger partial charge >= 0.3 is 0 Å². The molecule has 0 unspecified atom stereocenters. The first kappa shape index (κ1) is 58.9. The minimum atomic E-state index is -1.84. The summed E-state index contributed by atoms with van der Waals surface area (Å²) < 4.78 is 84.4. The Morgan fingerprint density at radius 1 is 0.667 bits per heavy atom. The van der Waals surface area contributed by atoms with Crippen molar-refractivity contribution in [1.82, 2.24) is 19.5 Å². The van der Waals surface area contributed by atoms with Gasteiger partial charge in [0.2, 0.25) is 0 Å². The molecule has 24 heteroatoms. The van der Waals surface area contributed by atoms with Gasteiger partial charge in [-0.05, 0) is 99.3 Å². The van der Waals surface area contributed by atoms with Crippen LogP contribution in [-0.2, 0) is 32.1 Å². The van der Waals surface area contributed by atoms with Crippen LogP contribution in [0.1, 0.15) is 42.5 Å². The summed E-state index contributed by atoms with van der Waals surface area (Å²) in [5.74, 6) is -9.27. The number of aromatic nitrogens is 4. The maximum Gasteiger partial charge on any atom is 0.287 e. The quantitative estimate of drug-likeness (QED) is 0.0392. The molecule has 0 spiro atoms. The van der Waals surface area contributed by atoms with Crippen LogP contribution in [0.4, 0.5) is 66.2 Å². The Morgan fingerprint density at radius 3 is 1.65 bits per heavy atom. The highest BCUT2D eigenvalue weighted by molar-refractivity contribution is 6.03. The third-order valence-electron chi connectivity index (χ3n) is 12.4. The number of carbonyl (C=O) groups excluding carboxylic acids is 3. The van der Waals surface area contributed by atoms with Crippen LogP contribution in [0, 0.1) is 75.4 Å². The van der Waals surface area contributed by atoms with Crippen molar-refractivity contribution in [2.75, 3.05) is 22.6 Å². The van der Waals surface area contributed by atoms with Crippen LogP contribution in [0.5, 0.6) is 0 Å². The lowest BCUT2D eigenvalue weighted by Crippen LogP contribution is -2.43. The molecule has 3 amide bonds. The number of anilines is 3. The van der Waals surface area contributed by atoms with Gasteiger partial charge in [0.1, 0.15) is 12.2 Å². The summed E-state index contributed by atoms with van der Waals surface area (Å²) in [6.07, 6.45) is 2.87. The number of aliphatic hydroxyl groups is 3. The fourth-order valence-electron chi connectivity index (χ4n) is 7.88. The number of aromatic amines is 1. The van der Waals surface area contributed by atoms with E-state index in [1.165, 1.54) is 31.1 Å². The molecule has 0 radical (unpaired) electrons. The van der Waals surface area contributed by atoms with Gasteiger partial charge in [0.25, 0.3) is 23.5 Å². The number of epoxide rings is 1. The second kappa shape index (κ2) is 24.1. The zero-order chi connectivity index (χ0) is 59.1. The first-order valence-corrected chi connectivity index (χ1v) is 24.0. The molecule has 2 aliphatic heterocycles. The van der Waals surface area contributed by atoms with E-state index in [2.05, 4.69) is 55.2 Å². The van der Waals surface area contributed by atoms with Crippen LogP contribution in [-0.4, -0.2) is 81.9 Å². The summed E-state index contributed by atoms with van der Waals surface area (Å²) >= 11 is 0. The SMILES string of the molecule is Fc1cc2nc[nH]c2cc1F.[C-]#[N+]c1ccc(NC(=O)[C@@](C)(O)CC2=Nc3cc(F)c(F)cc3C2)cc1C.[C-]#[N+]c1ccc(NC(=O)[C@@](C)(O)Cn2cnc3cc(F)c(F)cc32)cc1C.[C-]#[N+]c1ccc(NC(=O)[C@]2(O)CO2)cc1C. The molecule has 0 aliphatic carbocycles. The van der Waals surface area contributed by atoms with Crippen molar-refractivity contribution in [2.45, 2.75) is 71.0 Å². The molecule has 81 heavy (non-hydrogen) atoms. The van der Waals surface area contributed by atoms with E-state index in [1.807, 2.05) is 0 Å². The number of benzene rings is 6. The van der Waals surface area contributed by atoms with Gasteiger partial charge in [-0.25, -0.2) is 50.8 Å². The Bertz CT molecular complexity index is 3910. The monoisotopic (exact) mass is 1110 g/mol. The van der Waals surface area contributed by atoms with Crippen molar-refractivity contribution in [1.29, 1.82) is 0 Å². The van der Waals surface area contributed by atoms with E-state index in [0.717, 1.165) is 42.0 Å². The predicted octanol–water partition coefficient (Wildman–Crippen LogP) is 10.8. The summed E-state index contributed by atoms with van der Waals surface area (Å²) in [6.45, 7) is 28.7. The van der Waals surface area contributed by atoms with Crippen LogP contribution < -0.4 is 16.0 Å². The molecule has 1 saturated heterocycles. The molecule has 0 bridgehead atoms. The average Bonchev–Trinajstić information content (AvgIpc) is 3.76. The van der Waals surface area contributed by atoms with Crippen LogP contribution in [0.3, 0.4) is 0 Å². The number of nitrogens with one attached hydrogen (secondary N) is 4. The maximum absolute atomic E-state index is 13.5. The van der Waals surface area contributed by atoms with Crippen LogP contribution in [0.25, 0.3) is 36.6 Å². The molecule has 2 aromatic heterocycles. The van der Waals surface area contributed by atoms with Gasteiger partial charge in [0, 0.05) is 65.9 Å². The molecule has 1 fully saturated rings. The molecule has 8 aromatic rings. The summed E-state index contributed by atoms with van der Waals surface area (Å²) in [6, 6.07) is 20.7. The van der Waals surface area contributed by atoms with Crippen molar-refractivity contribution in [2.24, 2.45) is 4.99 Å². The lowest BCUT2D eigenvalue weighted by Gasteiger charge is -2.23. The predicted molar refractivity (Wildman–Crippen MR) is 288 cm³/mol. The average molecular weight is 1110 g/mol. The van der Waals surface area contributed by atoms with E-state index in [0.29, 0.717) is 73.2 Å². The third-order valence-corrected chi connectivity index (χ3v) is 12.4. The zero-order valence-electron chi connectivity index (χ0n) is 43.5. The maximum atomic E-state index is 13.5. The number of amides is 3. The number of aliphatic imine (C=N–C) groups is 1. The molecule has 10 rings (SSSR count). The fourth-order valence-corrected chi connectivity index (χ4v) is 7.88. The molecule has 0 saturated carbocycles. The van der Waals surface area contributed by atoms with Crippen molar-refractivity contribution in [3.63, 3.8) is 0 Å². The summed E-state index contributed by atoms with van der Waals surface area (Å²) in [7, 11) is 0. The van der Waals surface area contributed by atoms with E-state index >= 15 is 0 Å². The lowest BCUT2D eigenvalue weighted by atomic mass is 9.95. The fraction of sp³-hybridized carbons (Fsp3) is 0.211. The molecule has 7 N–H and O–H groups in total. The number of hydrogen-bond donors (Lipinski definition) is 7. The number of fused-ring (bicyclic) bond motifs is 3. The second-order valence-electron chi connectivity index (χ2n) is 19.1. The van der Waals surface area contributed by atoms with Gasteiger partial charge in [-0.2, -0.15) is 0 Å². The van der Waals surface area contributed by atoms with Crippen molar-refractivity contribution < 1.29 is 60.8 Å². The van der Waals surface area contributed by atoms with Gasteiger partial charge in [-0.15, -0.1) is 0 Å². The number of carbonyl (C=O) groups is 3. The zero-order valence-corrected chi connectivity index (χ0v) is 43.5. The molecule has 2 aliphatic rings. The normalized spacial score (nSPS) is 15.2. The Kier molecular flexibility index (Phi) is 17.5. The number of imidazole rings is 2. The van der Waals surface area contributed by atoms with Gasteiger partial charge in [0.05, 0.1) is 66.7 Å². The van der Waals surface area contributed by atoms with E-state index in [9.17, 15) is 56.0 Å². The molecular formula is C57H47F6N11O7. The second-order valence-corrected chi connectivity index (χ2v) is 19.1. The van der Waals surface area contributed by atoms with E-state index in [4.69, 9.17) is 19.7 Å². The standard InChI is InChI=1S/C20H17F2N3O2.C19H16F2N4O2.C11H10N2O3.C7H4F2N2/c1-11-6-13(4-5-17(11)23-3)25-19(26)20(2,27)10-14-7-12-8-15(21)16(22)9-18(12)24-14;1-11-6-12(4-5-15(11)22-3)24-18(26)19(2,27)9-25-10-23-16-7-13(20)14(21)8-17(16)25;1-7-5-8(3-4-9(7)12-2)13-10(14)11(15)6-16-11;8-4-1-6-7(2-5(4)9)11-3-10-6/h4-6,8-9,27H,7,10H2,1-2H3,(H,25,26);4-8,10,27H,9H2,1-2H3,(H,24,26);3-5,15H,6H2,1H3,(H,13,14);1-3H,(H,10,11)/t20-;19-;11-;/m000./s1. The summed E-state index contributed by atoms with van der Waals surface area (Å²) in [4.78, 5) is 61.0. The Labute approximate surface area is 457 Å². The summed E-state index contributed by atoms with van der Waals surface area (Å²) in [5.41, 5.74) is 4.23. The number of ether oxygens (including phenoxy) is 1. The van der Waals surface area contributed by atoms with Gasteiger partial charge in [-0.1, -0.05) is 18.2 Å². The van der Waals surface area contributed by atoms with Crippen molar-refractivity contribution in [3.05, 3.63) is 195 Å². The van der Waals surface area contributed by atoms with E-state index < -0.39 is 69.6 Å². The largest absolute Gasteiger partial charge is 0.380 e. The highest BCUT2D eigenvalue weighted by Crippen LogP contribution is 2.33. The van der Waals surface area contributed by atoms with Crippen molar-refractivity contribution >= 4 is 85.3 Å². The first-order valence-electron chi connectivity index (χ1n) is 24.0. The van der Waals surface area contributed by atoms with Crippen LogP contribution >= 0.6 is 0 Å². The molecule has 3 atom stereocenters. The topological polar surface area (TPSA) is 232 Å². The van der Waals surface area contributed by atoms with Gasteiger partial charge in [0.15, 0.2) is 57.6 Å². The highest BCUT2D eigenvalue weighted by atomic mass is 19.2. The molecule has 6 aromatic carbocycles. The molecule has 4 heterocycles. The number of nitrogens with zero attached hydrogens (tertiary/aromatic N) is 7. The minimum absolute atomic E-state index is 0.0257. The van der Waals surface area contributed by atoms with Gasteiger partial charge < -0.3 is 45.6 Å². The molecular weight excluding hydrogens is 1060 g/mol. The lowest BCUT2D eigenvalue weighted by molar-refractivity contribution is -0.133. The third kappa shape index (κ3) is 14.3. The smallest absolute Gasteiger partial charge is 0.287 e. The van der Waals surface area contributed by atoms with E-state index in [1.54, 1.807) is 75.4 Å². The Balaban J connectivity index is 0.000000164. The number of hydrogen-bond acceptors (Lipinski definition) is 10. The first-order chi connectivity index (χ1) is 38.2. The molecule has 18 nitrogen and oxygen atoms in total. The number of aryl methyl sites for hydroxylation is 3. The van der Waals surface area contributed by atoms with Crippen LogP contribution in [0.2, 0.25) is 0 Å². The van der Waals surface area contributed by atoms with Crippen LogP contribution in [0.15, 0.2) is 109 Å². The molecule has 414 valence electrons. The minimum Gasteiger partial charge on any atom is -0.380 e. The highest BCUT2D eigenvalue weighted by Gasteiger charge is 2.51. The Morgan fingerprint density at radius 2 is 1.14 bits per heavy atom.